The molecule has 206 valence electrons. The van der Waals surface area contributed by atoms with Gasteiger partial charge in [0.1, 0.15) is 0 Å². The molecule has 42 heavy (non-hydrogen) atoms. The van der Waals surface area contributed by atoms with E-state index in [0.717, 1.165) is 45.5 Å². The molecule has 0 aliphatic heterocycles. The van der Waals surface area contributed by atoms with Crippen LogP contribution < -0.4 is 15.1 Å². The molecule has 6 aromatic carbocycles. The predicted molar refractivity (Wildman–Crippen MR) is 180 cm³/mol. The van der Waals surface area contributed by atoms with Crippen molar-refractivity contribution in [2.75, 3.05) is 15.1 Å². The molecule has 0 amide bonds. The van der Waals surface area contributed by atoms with E-state index in [2.05, 4.69) is 188 Å². The van der Waals surface area contributed by atoms with Gasteiger partial charge in [0.2, 0.25) is 0 Å². The Morgan fingerprint density at radius 2 is 0.810 bits per heavy atom. The van der Waals surface area contributed by atoms with Gasteiger partial charge in [-0.25, -0.2) is 0 Å². The normalized spacial score (nSPS) is 10.7. The van der Waals surface area contributed by atoms with Crippen molar-refractivity contribution in [3.8, 4) is 0 Å². The number of hydrogen-bond donors (Lipinski definition) is 1. The fourth-order valence-corrected chi connectivity index (χ4v) is 5.43. The fraction of sp³-hybridized carbons (Fsp3) is 0.0769. The third-order valence-electron chi connectivity index (χ3n) is 7.58. The molecule has 3 nitrogen and oxygen atoms in total. The lowest BCUT2D eigenvalue weighted by atomic mass is 10.1. The highest BCUT2D eigenvalue weighted by Gasteiger charge is 2.20. The molecule has 3 heteroatoms. The van der Waals surface area contributed by atoms with Crippen molar-refractivity contribution in [3.63, 3.8) is 0 Å². The molecule has 0 saturated carbocycles. The number of rotatable bonds is 8. The van der Waals surface area contributed by atoms with Crippen molar-refractivity contribution in [2.45, 2.75) is 20.8 Å². The molecule has 0 atom stereocenters. The van der Waals surface area contributed by atoms with E-state index in [0.29, 0.717) is 0 Å². The number of aryl methyl sites for hydroxylation is 3. The first-order valence-electron chi connectivity index (χ1n) is 14.4. The van der Waals surface area contributed by atoms with Crippen molar-refractivity contribution in [3.05, 3.63) is 168 Å². The second kappa shape index (κ2) is 12.1. The molecule has 0 spiro atoms. The highest BCUT2D eigenvalue weighted by Crippen LogP contribution is 2.44. The van der Waals surface area contributed by atoms with Crippen LogP contribution in [-0.2, 0) is 0 Å². The van der Waals surface area contributed by atoms with Crippen LogP contribution in [0.1, 0.15) is 16.7 Å². The van der Waals surface area contributed by atoms with E-state index in [1.807, 2.05) is 0 Å². The third kappa shape index (κ3) is 5.63. The van der Waals surface area contributed by atoms with Crippen LogP contribution in [0, 0.1) is 20.8 Å². The Kier molecular flexibility index (Phi) is 7.74. The van der Waals surface area contributed by atoms with Crippen molar-refractivity contribution >= 4 is 45.5 Å². The van der Waals surface area contributed by atoms with Gasteiger partial charge in [0.25, 0.3) is 0 Å². The maximum Gasteiger partial charge on any atom is 0.0503 e. The van der Waals surface area contributed by atoms with Gasteiger partial charge in [-0.3, -0.25) is 0 Å². The quantitative estimate of drug-likeness (QED) is 0.205. The number of benzene rings is 6. The van der Waals surface area contributed by atoms with E-state index in [4.69, 9.17) is 0 Å². The number of para-hydroxylation sites is 5. The van der Waals surface area contributed by atoms with Gasteiger partial charge >= 0.3 is 0 Å². The number of hydrogen-bond acceptors (Lipinski definition) is 3. The summed E-state index contributed by atoms with van der Waals surface area (Å²) in [6, 6.07) is 53.5. The molecule has 0 radical (unpaired) electrons. The fourth-order valence-electron chi connectivity index (χ4n) is 5.43. The Morgan fingerprint density at radius 3 is 1.31 bits per heavy atom. The summed E-state index contributed by atoms with van der Waals surface area (Å²) in [5.74, 6) is 0. The lowest BCUT2D eigenvalue weighted by Crippen LogP contribution is -2.15. The van der Waals surface area contributed by atoms with Gasteiger partial charge < -0.3 is 15.1 Å². The summed E-state index contributed by atoms with van der Waals surface area (Å²) in [6.45, 7) is 6.49. The van der Waals surface area contributed by atoms with E-state index >= 15 is 0 Å². The SMILES string of the molecule is Cc1ccccc1Nc1cc(N(c2ccccc2)c2ccccc2)cc(N(c2ccccc2C)c2ccccc2C)c1. The topological polar surface area (TPSA) is 18.5 Å². The smallest absolute Gasteiger partial charge is 0.0503 e. The Hall–Kier alpha value is -5.28. The first-order chi connectivity index (χ1) is 20.6. The van der Waals surface area contributed by atoms with E-state index in [1.54, 1.807) is 0 Å². The summed E-state index contributed by atoms with van der Waals surface area (Å²) in [4.78, 5) is 4.70. The summed E-state index contributed by atoms with van der Waals surface area (Å²) < 4.78 is 0. The highest BCUT2D eigenvalue weighted by molar-refractivity contribution is 5.87. The molecule has 0 saturated heterocycles. The largest absolute Gasteiger partial charge is 0.355 e. The molecule has 6 rings (SSSR count). The molecule has 0 aromatic heterocycles. The maximum absolute atomic E-state index is 3.74. The van der Waals surface area contributed by atoms with Gasteiger partial charge in [0.15, 0.2) is 0 Å². The van der Waals surface area contributed by atoms with Gasteiger partial charge in [0, 0.05) is 34.1 Å². The first-order valence-corrected chi connectivity index (χ1v) is 14.4. The van der Waals surface area contributed by atoms with E-state index in [9.17, 15) is 0 Å². The van der Waals surface area contributed by atoms with E-state index in [-0.39, 0.29) is 0 Å². The van der Waals surface area contributed by atoms with Crippen molar-refractivity contribution in [1.29, 1.82) is 0 Å². The lowest BCUT2D eigenvalue weighted by molar-refractivity contribution is 1.21. The molecular formula is C39H35N3. The standard InChI is InChI=1S/C39H35N3/c1-29-16-10-13-23-37(29)40-32-26-35(41(33-19-6-4-7-20-33)34-21-8-5-9-22-34)28-36(27-32)42(38-24-14-11-17-30(38)2)39-25-15-12-18-31(39)3/h4-28,40H,1-3H3. The second-order valence-corrected chi connectivity index (χ2v) is 10.6. The lowest BCUT2D eigenvalue weighted by Gasteiger charge is -2.31. The second-order valence-electron chi connectivity index (χ2n) is 10.6. The zero-order valence-corrected chi connectivity index (χ0v) is 24.3. The molecule has 6 aromatic rings. The summed E-state index contributed by atoms with van der Waals surface area (Å²) >= 11 is 0. The van der Waals surface area contributed by atoms with Crippen molar-refractivity contribution in [2.24, 2.45) is 0 Å². The first kappa shape index (κ1) is 26.9. The molecule has 0 aliphatic rings. The number of nitrogens with one attached hydrogen (secondary N) is 1. The van der Waals surface area contributed by atoms with E-state index < -0.39 is 0 Å². The molecule has 0 aliphatic carbocycles. The molecule has 1 N–H and O–H groups in total. The minimum Gasteiger partial charge on any atom is -0.355 e. The van der Waals surface area contributed by atoms with Crippen LogP contribution in [0.4, 0.5) is 45.5 Å². The maximum atomic E-state index is 3.74. The highest BCUT2D eigenvalue weighted by atomic mass is 15.2. The molecular weight excluding hydrogens is 510 g/mol. The Bertz CT molecular complexity index is 1710. The van der Waals surface area contributed by atoms with Crippen LogP contribution in [-0.4, -0.2) is 0 Å². The monoisotopic (exact) mass is 545 g/mol. The third-order valence-corrected chi connectivity index (χ3v) is 7.58. The van der Waals surface area contributed by atoms with Gasteiger partial charge in [-0.15, -0.1) is 0 Å². The summed E-state index contributed by atoms with van der Waals surface area (Å²) in [5.41, 5.74) is 12.4. The summed E-state index contributed by atoms with van der Waals surface area (Å²) in [7, 11) is 0. The van der Waals surface area contributed by atoms with Crippen molar-refractivity contribution in [1.82, 2.24) is 0 Å². The van der Waals surface area contributed by atoms with Crippen LogP contribution in [0.25, 0.3) is 0 Å². The van der Waals surface area contributed by atoms with Crippen LogP contribution >= 0.6 is 0 Å². The Balaban J connectivity index is 1.61. The minimum absolute atomic E-state index is 1.01. The predicted octanol–water partition coefficient (Wildman–Crippen LogP) is 11.3. The van der Waals surface area contributed by atoms with Gasteiger partial charge in [0.05, 0.1) is 11.4 Å². The molecule has 0 fully saturated rings. The van der Waals surface area contributed by atoms with E-state index in [1.165, 1.54) is 16.7 Å². The van der Waals surface area contributed by atoms with Gasteiger partial charge in [-0.05, 0) is 98.1 Å². The average molecular weight is 546 g/mol. The molecule has 0 heterocycles. The van der Waals surface area contributed by atoms with Crippen LogP contribution in [0.3, 0.4) is 0 Å². The summed E-state index contributed by atoms with van der Waals surface area (Å²) in [5, 5.41) is 3.74. The Morgan fingerprint density at radius 1 is 0.381 bits per heavy atom. The summed E-state index contributed by atoms with van der Waals surface area (Å²) in [6.07, 6.45) is 0. The Labute approximate surface area is 249 Å². The zero-order chi connectivity index (χ0) is 28.9. The minimum atomic E-state index is 1.01. The molecule has 0 unspecified atom stereocenters. The van der Waals surface area contributed by atoms with Crippen LogP contribution in [0.5, 0.6) is 0 Å². The molecule has 0 bridgehead atoms. The zero-order valence-electron chi connectivity index (χ0n) is 24.3. The van der Waals surface area contributed by atoms with Gasteiger partial charge in [-0.1, -0.05) is 91.0 Å². The van der Waals surface area contributed by atoms with Crippen molar-refractivity contribution < 1.29 is 0 Å². The average Bonchev–Trinajstić information content (AvgIpc) is 3.02. The van der Waals surface area contributed by atoms with Gasteiger partial charge in [-0.2, -0.15) is 0 Å². The van der Waals surface area contributed by atoms with Crippen LogP contribution in [0.15, 0.2) is 152 Å². The van der Waals surface area contributed by atoms with Crippen LogP contribution in [0.2, 0.25) is 0 Å². The number of nitrogens with zero attached hydrogens (tertiary/aromatic N) is 2. The number of anilines is 8.